The molecule has 0 bridgehead atoms. The molecule has 0 fully saturated rings. The van der Waals surface area contributed by atoms with Crippen LogP contribution < -0.4 is 9.47 Å². The molecule has 3 heteroatoms. The van der Waals surface area contributed by atoms with Gasteiger partial charge in [0.2, 0.25) is 0 Å². The van der Waals surface area contributed by atoms with E-state index in [0.717, 1.165) is 38.4 Å². The van der Waals surface area contributed by atoms with E-state index in [1.165, 1.54) is 6.92 Å². The van der Waals surface area contributed by atoms with Gasteiger partial charge in [-0.15, -0.1) is 0 Å². The van der Waals surface area contributed by atoms with E-state index in [2.05, 4.69) is 12.1 Å². The van der Waals surface area contributed by atoms with Gasteiger partial charge in [0.05, 0.1) is 7.11 Å². The lowest BCUT2D eigenvalue weighted by Crippen LogP contribution is -2.04. The summed E-state index contributed by atoms with van der Waals surface area (Å²) in [5, 5.41) is 3.98. The van der Waals surface area contributed by atoms with Gasteiger partial charge in [0.15, 0.2) is 0 Å². The molecule has 26 heavy (non-hydrogen) atoms. The van der Waals surface area contributed by atoms with Crippen LogP contribution in [-0.4, -0.2) is 13.1 Å². The van der Waals surface area contributed by atoms with Crippen LogP contribution in [0.5, 0.6) is 11.5 Å². The van der Waals surface area contributed by atoms with E-state index in [-0.39, 0.29) is 5.97 Å². The third-order valence-corrected chi connectivity index (χ3v) is 4.49. The summed E-state index contributed by atoms with van der Waals surface area (Å²) in [4.78, 5) is 11.8. The van der Waals surface area contributed by atoms with Crippen molar-refractivity contribution in [2.24, 2.45) is 0 Å². The number of hydrogen-bond acceptors (Lipinski definition) is 3. The maximum absolute atomic E-state index is 11.8. The molecule has 0 radical (unpaired) electrons. The van der Waals surface area contributed by atoms with E-state index in [1.54, 1.807) is 7.11 Å². The molecule has 0 amide bonds. The number of fused-ring (bicyclic) bond motifs is 3. The number of hydrogen-bond donors (Lipinski definition) is 0. The highest BCUT2D eigenvalue weighted by Gasteiger charge is 2.18. The normalized spacial score (nSPS) is 10.8. The summed E-state index contributed by atoms with van der Waals surface area (Å²) in [5.74, 6) is 0.971. The number of esters is 1. The average molecular weight is 342 g/mol. The zero-order valence-corrected chi connectivity index (χ0v) is 14.7. The van der Waals surface area contributed by atoms with Crippen LogP contribution >= 0.6 is 0 Å². The van der Waals surface area contributed by atoms with E-state index in [9.17, 15) is 4.79 Å². The molecule has 0 saturated heterocycles. The van der Waals surface area contributed by atoms with Crippen LogP contribution in [0.2, 0.25) is 0 Å². The number of ether oxygens (including phenoxy) is 2. The first-order chi connectivity index (χ1) is 12.7. The fraction of sp³-hybridized carbons (Fsp3) is 0.0870. The summed E-state index contributed by atoms with van der Waals surface area (Å²) in [6.07, 6.45) is 0. The van der Waals surface area contributed by atoms with Gasteiger partial charge in [-0.25, -0.2) is 0 Å². The molecule has 0 N–H and O–H groups in total. The molecular weight excluding hydrogens is 324 g/mol. The van der Waals surface area contributed by atoms with E-state index >= 15 is 0 Å². The molecule has 0 heterocycles. The molecule has 0 saturated carbocycles. The number of rotatable bonds is 3. The predicted octanol–water partition coefficient (Wildman–Crippen LogP) is 5.59. The zero-order chi connectivity index (χ0) is 18.1. The maximum atomic E-state index is 11.8. The number of carbonyl (C=O) groups excluding carboxylic acids is 1. The SMILES string of the molecule is COc1cc(-c2ccccc2)c(OC(C)=O)c2ccc3ccccc3c12. The first-order valence-corrected chi connectivity index (χ1v) is 8.45. The van der Waals surface area contributed by atoms with Gasteiger partial charge in [-0.2, -0.15) is 0 Å². The minimum Gasteiger partial charge on any atom is -0.496 e. The fourth-order valence-electron chi connectivity index (χ4n) is 3.39. The Morgan fingerprint density at radius 3 is 2.31 bits per heavy atom. The monoisotopic (exact) mass is 342 g/mol. The molecule has 0 unspecified atom stereocenters. The number of benzene rings is 4. The Bertz CT molecular complexity index is 1110. The Labute approximate surface area is 151 Å². The second-order valence-corrected chi connectivity index (χ2v) is 6.12. The van der Waals surface area contributed by atoms with Gasteiger partial charge in [0.25, 0.3) is 0 Å². The first-order valence-electron chi connectivity index (χ1n) is 8.45. The van der Waals surface area contributed by atoms with E-state index in [4.69, 9.17) is 9.47 Å². The Kier molecular flexibility index (Phi) is 4.05. The first kappa shape index (κ1) is 16.2. The zero-order valence-electron chi connectivity index (χ0n) is 14.7. The lowest BCUT2D eigenvalue weighted by molar-refractivity contribution is -0.131. The highest BCUT2D eigenvalue weighted by atomic mass is 16.5. The summed E-state index contributed by atoms with van der Waals surface area (Å²) >= 11 is 0. The standard InChI is InChI=1S/C23H18O3/c1-15(24)26-23-19-13-12-17-10-6-7-11-18(17)22(19)21(25-2)14-20(23)16-8-4-3-5-9-16/h3-14H,1-2H3. The highest BCUT2D eigenvalue weighted by Crippen LogP contribution is 2.44. The molecule has 0 spiro atoms. The summed E-state index contributed by atoms with van der Waals surface area (Å²) < 4.78 is 11.4. The Morgan fingerprint density at radius 1 is 0.846 bits per heavy atom. The van der Waals surface area contributed by atoms with Gasteiger partial charge in [0.1, 0.15) is 11.5 Å². The maximum Gasteiger partial charge on any atom is 0.308 e. The molecule has 128 valence electrons. The van der Waals surface area contributed by atoms with Crippen LogP contribution in [0.15, 0.2) is 72.8 Å². The van der Waals surface area contributed by atoms with Crippen molar-refractivity contribution in [2.45, 2.75) is 6.92 Å². The molecule has 0 aliphatic rings. The molecular formula is C23H18O3. The van der Waals surface area contributed by atoms with Crippen LogP contribution in [0.25, 0.3) is 32.7 Å². The van der Waals surface area contributed by atoms with Crippen LogP contribution in [0.3, 0.4) is 0 Å². The van der Waals surface area contributed by atoms with Crippen molar-refractivity contribution in [3.63, 3.8) is 0 Å². The highest BCUT2D eigenvalue weighted by molar-refractivity contribution is 6.14. The topological polar surface area (TPSA) is 35.5 Å². The van der Waals surface area contributed by atoms with Crippen molar-refractivity contribution < 1.29 is 14.3 Å². The predicted molar refractivity (Wildman–Crippen MR) is 105 cm³/mol. The Hall–Kier alpha value is -3.33. The van der Waals surface area contributed by atoms with Crippen molar-refractivity contribution >= 4 is 27.5 Å². The van der Waals surface area contributed by atoms with Crippen molar-refractivity contribution in [2.75, 3.05) is 7.11 Å². The van der Waals surface area contributed by atoms with E-state index in [1.807, 2.05) is 60.7 Å². The van der Waals surface area contributed by atoms with Gasteiger partial charge < -0.3 is 9.47 Å². The summed E-state index contributed by atoms with van der Waals surface area (Å²) in [6.45, 7) is 1.42. The number of methoxy groups -OCH3 is 1. The lowest BCUT2D eigenvalue weighted by atomic mass is 9.95. The third-order valence-electron chi connectivity index (χ3n) is 4.49. The lowest BCUT2D eigenvalue weighted by Gasteiger charge is -2.17. The Balaban J connectivity index is 2.16. The smallest absolute Gasteiger partial charge is 0.308 e. The van der Waals surface area contributed by atoms with Gasteiger partial charge in [0, 0.05) is 23.3 Å². The van der Waals surface area contributed by atoms with E-state index < -0.39 is 0 Å². The second kappa shape index (κ2) is 6.52. The van der Waals surface area contributed by atoms with Crippen molar-refractivity contribution in [1.29, 1.82) is 0 Å². The fourth-order valence-corrected chi connectivity index (χ4v) is 3.39. The summed E-state index contributed by atoms with van der Waals surface area (Å²) in [5.41, 5.74) is 1.80. The van der Waals surface area contributed by atoms with Gasteiger partial charge in [-0.3, -0.25) is 4.79 Å². The minimum atomic E-state index is -0.346. The van der Waals surface area contributed by atoms with Crippen molar-refractivity contribution in [3.05, 3.63) is 72.8 Å². The van der Waals surface area contributed by atoms with Crippen molar-refractivity contribution in [3.8, 4) is 22.6 Å². The Morgan fingerprint density at radius 2 is 1.58 bits per heavy atom. The summed E-state index contributed by atoms with van der Waals surface area (Å²) in [7, 11) is 1.66. The molecule has 0 atom stereocenters. The molecule has 0 aliphatic heterocycles. The molecule has 4 aromatic rings. The molecule has 0 aromatic heterocycles. The second-order valence-electron chi connectivity index (χ2n) is 6.12. The van der Waals surface area contributed by atoms with E-state index in [0.29, 0.717) is 5.75 Å². The van der Waals surface area contributed by atoms with Gasteiger partial charge in [-0.05, 0) is 28.5 Å². The van der Waals surface area contributed by atoms with Crippen LogP contribution in [0, 0.1) is 0 Å². The minimum absolute atomic E-state index is 0.346. The molecule has 4 aromatic carbocycles. The average Bonchev–Trinajstić information content (AvgIpc) is 2.68. The van der Waals surface area contributed by atoms with Crippen LogP contribution in [0.1, 0.15) is 6.92 Å². The third kappa shape index (κ3) is 2.68. The molecule has 0 aliphatic carbocycles. The molecule has 3 nitrogen and oxygen atoms in total. The summed E-state index contributed by atoms with van der Waals surface area (Å²) in [6, 6.07) is 24.0. The van der Waals surface area contributed by atoms with Gasteiger partial charge in [-0.1, -0.05) is 60.7 Å². The van der Waals surface area contributed by atoms with Crippen molar-refractivity contribution in [1.82, 2.24) is 0 Å². The van der Waals surface area contributed by atoms with Crippen LogP contribution in [0.4, 0.5) is 0 Å². The molecule has 4 rings (SSSR count). The number of carbonyl (C=O) groups is 1. The van der Waals surface area contributed by atoms with Gasteiger partial charge >= 0.3 is 5.97 Å². The quantitative estimate of drug-likeness (QED) is 0.276. The van der Waals surface area contributed by atoms with Crippen LogP contribution in [-0.2, 0) is 4.79 Å². The largest absolute Gasteiger partial charge is 0.496 e.